The fourth-order valence-electron chi connectivity index (χ4n) is 2.70. The van der Waals surface area contributed by atoms with E-state index in [4.69, 9.17) is 11.5 Å². The molecule has 4 rings (SSSR count). The van der Waals surface area contributed by atoms with E-state index in [2.05, 4.69) is 11.2 Å². The third kappa shape index (κ3) is 3.33. The summed E-state index contributed by atoms with van der Waals surface area (Å²) >= 11 is 0. The quantitative estimate of drug-likeness (QED) is 0.525. The lowest BCUT2D eigenvalue weighted by atomic mass is 9.93. The Morgan fingerprint density at radius 3 is 1.88 bits per heavy atom. The number of carbonyl (C=O) groups excluding carboxylic acids is 2. The molecule has 1 aliphatic heterocycles. The van der Waals surface area contributed by atoms with Gasteiger partial charge in [0.05, 0.1) is 11.1 Å². The highest BCUT2D eigenvalue weighted by Crippen LogP contribution is 2.30. The number of fused-ring (bicyclic) bond motifs is 1. The molecule has 2 N–H and O–H groups in total. The van der Waals surface area contributed by atoms with Gasteiger partial charge in [-0.15, -0.1) is 6.42 Å². The first-order chi connectivity index (χ1) is 12.6. The molecule has 3 aromatic rings. The van der Waals surface area contributed by atoms with Crippen LogP contribution in [0, 0.1) is 12.3 Å². The number of hydrogen-bond acceptors (Lipinski definition) is 3. The summed E-state index contributed by atoms with van der Waals surface area (Å²) in [7, 11) is 0. The average Bonchev–Trinajstić information content (AvgIpc) is 2.97. The van der Waals surface area contributed by atoms with Crippen molar-refractivity contribution in [1.82, 2.24) is 5.32 Å². The van der Waals surface area contributed by atoms with Crippen LogP contribution in [0.4, 0.5) is 0 Å². The van der Waals surface area contributed by atoms with Crippen molar-refractivity contribution in [2.24, 2.45) is 0 Å². The second-order valence-electron chi connectivity index (χ2n) is 5.54. The van der Waals surface area contributed by atoms with Gasteiger partial charge in [-0.3, -0.25) is 14.9 Å². The van der Waals surface area contributed by atoms with Crippen molar-refractivity contribution in [3.63, 3.8) is 0 Å². The van der Waals surface area contributed by atoms with Crippen LogP contribution in [-0.2, 0) is 0 Å². The summed E-state index contributed by atoms with van der Waals surface area (Å²) < 4.78 is 0. The Hall–Kier alpha value is -3.84. The topological polar surface area (TPSA) is 66.4 Å². The van der Waals surface area contributed by atoms with Crippen LogP contribution in [0.2, 0.25) is 0 Å². The normalized spacial score (nSPS) is 11.7. The minimum Gasteiger partial charge on any atom is -0.508 e. The number of carbonyl (C=O) groups is 2. The van der Waals surface area contributed by atoms with Gasteiger partial charge in [-0.1, -0.05) is 60.5 Å². The molecule has 4 heteroatoms. The zero-order valence-electron chi connectivity index (χ0n) is 13.8. The van der Waals surface area contributed by atoms with Crippen molar-refractivity contribution >= 4 is 11.8 Å². The van der Waals surface area contributed by atoms with E-state index in [0.717, 1.165) is 11.1 Å². The van der Waals surface area contributed by atoms with Crippen molar-refractivity contribution in [3.05, 3.63) is 89.5 Å². The minimum atomic E-state index is -0.425. The molecule has 0 unspecified atom stereocenters. The number of rotatable bonds is 1. The average molecular weight is 341 g/mol. The highest BCUT2D eigenvalue weighted by atomic mass is 16.3. The Kier molecular flexibility index (Phi) is 4.82. The summed E-state index contributed by atoms with van der Waals surface area (Å²) in [4.78, 5) is 23.4. The molecule has 0 aliphatic carbocycles. The van der Waals surface area contributed by atoms with Gasteiger partial charge < -0.3 is 5.11 Å². The van der Waals surface area contributed by atoms with Gasteiger partial charge in [0.15, 0.2) is 0 Å². The molecule has 26 heavy (non-hydrogen) atoms. The van der Waals surface area contributed by atoms with Crippen LogP contribution in [0.25, 0.3) is 11.1 Å². The molecule has 1 heterocycles. The van der Waals surface area contributed by atoms with Gasteiger partial charge >= 0.3 is 0 Å². The van der Waals surface area contributed by atoms with E-state index < -0.39 is 11.8 Å². The molecule has 0 radical (unpaired) electrons. The molecule has 0 spiro atoms. The summed E-state index contributed by atoms with van der Waals surface area (Å²) in [6, 6.07) is 21.7. The summed E-state index contributed by atoms with van der Waals surface area (Å²) in [5.74, 6) is 2.04. The number of amides is 2. The third-order valence-corrected chi connectivity index (χ3v) is 3.89. The first-order valence-corrected chi connectivity index (χ1v) is 7.90. The van der Waals surface area contributed by atoms with Crippen LogP contribution >= 0.6 is 0 Å². The maximum absolute atomic E-state index is 11.8. The van der Waals surface area contributed by atoms with E-state index in [1.54, 1.807) is 36.4 Å². The Morgan fingerprint density at radius 1 is 0.769 bits per heavy atom. The highest BCUT2D eigenvalue weighted by Gasteiger charge is 2.30. The van der Waals surface area contributed by atoms with Gasteiger partial charge in [-0.25, -0.2) is 0 Å². The fourth-order valence-corrected chi connectivity index (χ4v) is 2.70. The molecular weight excluding hydrogens is 326 g/mol. The predicted octanol–water partition coefficient (Wildman–Crippen LogP) is 3.61. The second-order valence-corrected chi connectivity index (χ2v) is 5.54. The van der Waals surface area contributed by atoms with Crippen LogP contribution in [0.3, 0.4) is 0 Å². The van der Waals surface area contributed by atoms with Crippen molar-refractivity contribution < 1.29 is 14.7 Å². The third-order valence-electron chi connectivity index (χ3n) is 3.89. The summed E-state index contributed by atoms with van der Waals surface area (Å²) in [5.41, 5.74) is 2.82. The van der Waals surface area contributed by atoms with E-state index >= 15 is 0 Å². The lowest BCUT2D eigenvalue weighted by Gasteiger charge is -2.08. The smallest absolute Gasteiger partial charge is 0.260 e. The number of para-hydroxylation sites is 1. The standard InChI is InChI=1S/C16H9NO2.C6H6O/c1-2-11-12(10-6-4-3-5-7-10)8-9-13-14(11)16(19)17-15(13)18;7-6-4-2-1-3-5-6/h1,3-9H,(H,17,18,19);1-5,7H. The maximum atomic E-state index is 11.8. The number of phenols is 1. The lowest BCUT2D eigenvalue weighted by molar-refractivity contribution is 0.0879. The molecule has 0 fully saturated rings. The minimum absolute atomic E-state index is 0.300. The Balaban J connectivity index is 0.000000236. The van der Waals surface area contributed by atoms with Crippen LogP contribution in [0.15, 0.2) is 72.8 Å². The molecule has 3 aromatic carbocycles. The SMILES string of the molecule is C#Cc1c(-c2ccccc2)ccc2c1C(=O)NC2=O.Oc1ccccc1. The second kappa shape index (κ2) is 7.37. The van der Waals surface area contributed by atoms with Crippen molar-refractivity contribution in [2.75, 3.05) is 0 Å². The highest BCUT2D eigenvalue weighted by molar-refractivity contribution is 6.23. The van der Waals surface area contributed by atoms with E-state index in [0.29, 0.717) is 22.4 Å². The number of benzene rings is 3. The van der Waals surface area contributed by atoms with E-state index in [1.807, 2.05) is 36.4 Å². The molecular formula is C22H15NO3. The first-order valence-electron chi connectivity index (χ1n) is 7.90. The van der Waals surface area contributed by atoms with Gasteiger partial charge in [0, 0.05) is 5.56 Å². The largest absolute Gasteiger partial charge is 0.508 e. The van der Waals surface area contributed by atoms with Crippen molar-refractivity contribution in [3.8, 4) is 29.2 Å². The zero-order chi connectivity index (χ0) is 18.5. The molecule has 4 nitrogen and oxygen atoms in total. The Morgan fingerprint density at radius 2 is 1.35 bits per heavy atom. The molecule has 0 saturated carbocycles. The van der Waals surface area contributed by atoms with Crippen LogP contribution in [0.1, 0.15) is 26.3 Å². The first kappa shape index (κ1) is 17.0. The number of hydrogen-bond donors (Lipinski definition) is 2. The Bertz CT molecular complexity index is 1000. The lowest BCUT2D eigenvalue weighted by Crippen LogP contribution is -2.20. The Labute approximate surface area is 151 Å². The molecule has 1 aliphatic rings. The van der Waals surface area contributed by atoms with Crippen LogP contribution in [-0.4, -0.2) is 16.9 Å². The van der Waals surface area contributed by atoms with Gasteiger partial charge in [0.2, 0.25) is 0 Å². The van der Waals surface area contributed by atoms with E-state index in [-0.39, 0.29) is 0 Å². The molecule has 0 aromatic heterocycles. The van der Waals surface area contributed by atoms with Gasteiger partial charge in [-0.05, 0) is 29.3 Å². The fraction of sp³-hybridized carbons (Fsp3) is 0. The van der Waals surface area contributed by atoms with Gasteiger partial charge in [0.25, 0.3) is 11.8 Å². The maximum Gasteiger partial charge on any atom is 0.260 e. The number of imide groups is 1. The van der Waals surface area contributed by atoms with Crippen LogP contribution in [0.5, 0.6) is 5.75 Å². The molecule has 0 bridgehead atoms. The summed E-state index contributed by atoms with van der Waals surface area (Å²) in [5, 5.41) is 10.9. The zero-order valence-corrected chi connectivity index (χ0v) is 13.8. The number of phenolic OH excluding ortho intramolecular Hbond substituents is 1. The van der Waals surface area contributed by atoms with E-state index in [1.165, 1.54) is 0 Å². The van der Waals surface area contributed by atoms with Gasteiger partial charge in [-0.2, -0.15) is 0 Å². The van der Waals surface area contributed by atoms with Crippen molar-refractivity contribution in [2.45, 2.75) is 0 Å². The van der Waals surface area contributed by atoms with E-state index in [9.17, 15) is 9.59 Å². The molecule has 2 amide bonds. The number of nitrogens with one attached hydrogen (secondary N) is 1. The molecule has 0 atom stereocenters. The van der Waals surface area contributed by atoms with Crippen molar-refractivity contribution in [1.29, 1.82) is 0 Å². The summed E-state index contributed by atoms with van der Waals surface area (Å²) in [6.45, 7) is 0. The monoisotopic (exact) mass is 341 g/mol. The van der Waals surface area contributed by atoms with Crippen LogP contribution < -0.4 is 5.32 Å². The number of aromatic hydroxyl groups is 1. The predicted molar refractivity (Wildman–Crippen MR) is 99.7 cm³/mol. The molecule has 126 valence electrons. The molecule has 0 saturated heterocycles. The number of terminal acetylenes is 1. The van der Waals surface area contributed by atoms with Gasteiger partial charge in [0.1, 0.15) is 5.75 Å². The summed E-state index contributed by atoms with van der Waals surface area (Å²) in [6.07, 6.45) is 5.53.